The molecule has 0 aromatic carbocycles. The van der Waals surface area contributed by atoms with Crippen molar-refractivity contribution in [2.24, 2.45) is 0 Å². The Morgan fingerprint density at radius 3 is 2.46 bits per heavy atom. The Hall–Kier alpha value is -1.66. The first-order valence-corrected chi connectivity index (χ1v) is 3.77. The van der Waals surface area contributed by atoms with Crippen LogP contribution in [0.25, 0.3) is 0 Å². The number of nitrogens with zero attached hydrogens (tertiary/aromatic N) is 2. The highest BCUT2D eigenvalue weighted by Gasteiger charge is 2.06. The summed E-state index contributed by atoms with van der Waals surface area (Å²) in [7, 11) is 0. The summed E-state index contributed by atoms with van der Waals surface area (Å²) in [5.41, 5.74) is -0.267. The number of alkyl carbamates (subject to hydrolysis) is 1. The van der Waals surface area contributed by atoms with Crippen molar-refractivity contribution in [1.82, 2.24) is 5.32 Å². The third-order valence-corrected chi connectivity index (χ3v) is 1.29. The number of carbonyl (C=O) groups is 1. The van der Waals surface area contributed by atoms with Gasteiger partial charge in [0.15, 0.2) is 5.57 Å². The van der Waals surface area contributed by atoms with E-state index in [1.54, 1.807) is 19.1 Å². The molecule has 6 heteroatoms. The van der Waals surface area contributed by atoms with Crippen molar-refractivity contribution in [2.45, 2.75) is 6.92 Å². The van der Waals surface area contributed by atoms with E-state index in [1.807, 2.05) is 0 Å². The molecule has 0 aliphatic carbocycles. The van der Waals surface area contributed by atoms with Gasteiger partial charge < -0.3 is 4.74 Å². The van der Waals surface area contributed by atoms with Crippen LogP contribution in [0.15, 0.2) is 10.6 Å². The van der Waals surface area contributed by atoms with E-state index in [4.69, 9.17) is 10.5 Å². The van der Waals surface area contributed by atoms with E-state index in [0.717, 1.165) is 0 Å². The minimum atomic E-state index is -0.740. The van der Waals surface area contributed by atoms with Gasteiger partial charge >= 0.3 is 6.09 Å². The zero-order valence-corrected chi connectivity index (χ0v) is 7.76. The Bertz CT molecular complexity index is 295. The van der Waals surface area contributed by atoms with E-state index in [9.17, 15) is 4.79 Å². The molecular formula is C7H7N3O2S. The van der Waals surface area contributed by atoms with Gasteiger partial charge in [0.2, 0.25) is 0 Å². The molecule has 0 fully saturated rings. The average Bonchev–Trinajstić information content (AvgIpc) is 2.06. The zero-order chi connectivity index (χ0) is 10.3. The second kappa shape index (κ2) is 5.92. The molecule has 0 unspecified atom stereocenters. The van der Waals surface area contributed by atoms with Crippen molar-refractivity contribution < 1.29 is 9.53 Å². The van der Waals surface area contributed by atoms with Crippen LogP contribution in [-0.2, 0) is 4.74 Å². The number of hydrogen-bond donors (Lipinski definition) is 2. The first kappa shape index (κ1) is 11.3. The van der Waals surface area contributed by atoms with Gasteiger partial charge in [-0.2, -0.15) is 10.5 Å². The number of hydrogen-bond acceptors (Lipinski definition) is 5. The van der Waals surface area contributed by atoms with Gasteiger partial charge in [-0.3, -0.25) is 5.32 Å². The third kappa shape index (κ3) is 4.04. The Labute approximate surface area is 81.0 Å². The maximum atomic E-state index is 10.8. The quantitative estimate of drug-likeness (QED) is 0.509. The first-order valence-electron chi connectivity index (χ1n) is 3.32. The van der Waals surface area contributed by atoms with Crippen LogP contribution in [0.1, 0.15) is 6.92 Å². The lowest BCUT2D eigenvalue weighted by molar-refractivity contribution is 0.156. The van der Waals surface area contributed by atoms with E-state index < -0.39 is 6.09 Å². The molecule has 0 saturated heterocycles. The van der Waals surface area contributed by atoms with Crippen LogP contribution >= 0.6 is 12.6 Å². The lowest BCUT2D eigenvalue weighted by atomic mass is 10.3. The van der Waals surface area contributed by atoms with Crippen LogP contribution in [-0.4, -0.2) is 12.7 Å². The second-order valence-electron chi connectivity index (χ2n) is 1.79. The van der Waals surface area contributed by atoms with Crippen molar-refractivity contribution in [3.8, 4) is 12.1 Å². The lowest BCUT2D eigenvalue weighted by Gasteiger charge is -2.03. The summed E-state index contributed by atoms with van der Waals surface area (Å²) in [6.07, 6.45) is -0.740. The summed E-state index contributed by atoms with van der Waals surface area (Å²) in [5, 5.41) is 18.7. The topological polar surface area (TPSA) is 85.9 Å². The molecule has 1 amide bonds. The highest BCUT2D eigenvalue weighted by Crippen LogP contribution is 2.03. The van der Waals surface area contributed by atoms with E-state index in [2.05, 4.69) is 22.7 Å². The van der Waals surface area contributed by atoms with Crippen LogP contribution in [0.5, 0.6) is 0 Å². The van der Waals surface area contributed by atoms with Gasteiger partial charge in [-0.05, 0) is 6.92 Å². The van der Waals surface area contributed by atoms with Crippen molar-refractivity contribution in [3.05, 3.63) is 10.6 Å². The minimum absolute atomic E-state index is 0.108. The van der Waals surface area contributed by atoms with E-state index in [1.165, 1.54) is 0 Å². The lowest BCUT2D eigenvalue weighted by Crippen LogP contribution is -2.22. The fourth-order valence-corrected chi connectivity index (χ4v) is 0.649. The molecule has 13 heavy (non-hydrogen) atoms. The number of rotatable bonds is 2. The number of carbonyl (C=O) groups excluding carboxylic acids is 1. The highest BCUT2D eigenvalue weighted by molar-refractivity contribution is 7.84. The van der Waals surface area contributed by atoms with Crippen LogP contribution in [0.3, 0.4) is 0 Å². The average molecular weight is 197 g/mol. The van der Waals surface area contributed by atoms with E-state index >= 15 is 0 Å². The maximum absolute atomic E-state index is 10.8. The monoisotopic (exact) mass is 197 g/mol. The molecule has 0 spiro atoms. The third-order valence-electron chi connectivity index (χ3n) is 0.956. The number of amides is 1. The summed E-state index contributed by atoms with van der Waals surface area (Å²) in [6, 6.07) is 3.14. The van der Waals surface area contributed by atoms with Gasteiger partial charge in [-0.1, -0.05) is 0 Å². The number of nitrogens with one attached hydrogen (secondary N) is 1. The van der Waals surface area contributed by atoms with Crippen molar-refractivity contribution >= 4 is 18.7 Å². The van der Waals surface area contributed by atoms with E-state index in [-0.39, 0.29) is 17.2 Å². The Morgan fingerprint density at radius 1 is 1.54 bits per heavy atom. The second-order valence-corrected chi connectivity index (χ2v) is 2.24. The van der Waals surface area contributed by atoms with Crippen molar-refractivity contribution in [3.63, 3.8) is 0 Å². The van der Waals surface area contributed by atoms with Crippen LogP contribution in [0.2, 0.25) is 0 Å². The molecule has 0 bridgehead atoms. The zero-order valence-electron chi connectivity index (χ0n) is 6.87. The first-order chi connectivity index (χ1) is 6.15. The molecule has 0 aromatic heterocycles. The van der Waals surface area contributed by atoms with Crippen LogP contribution < -0.4 is 5.32 Å². The Balaban J connectivity index is 4.39. The van der Waals surface area contributed by atoms with Crippen LogP contribution in [0, 0.1) is 22.7 Å². The molecule has 5 nitrogen and oxygen atoms in total. The summed E-state index contributed by atoms with van der Waals surface area (Å²) in [5.74, 6) is 0. The van der Waals surface area contributed by atoms with Crippen LogP contribution in [0.4, 0.5) is 4.79 Å². The molecule has 0 aliphatic heterocycles. The molecule has 0 radical (unpaired) electrons. The number of nitriles is 2. The largest absolute Gasteiger partial charge is 0.450 e. The SMILES string of the molecule is CCOC(=O)NC(S)=C(C#N)C#N. The minimum Gasteiger partial charge on any atom is -0.450 e. The van der Waals surface area contributed by atoms with Gasteiger partial charge in [0.05, 0.1) is 6.61 Å². The van der Waals surface area contributed by atoms with Gasteiger partial charge in [0.25, 0.3) is 0 Å². The summed E-state index contributed by atoms with van der Waals surface area (Å²) in [4.78, 5) is 10.8. The van der Waals surface area contributed by atoms with Gasteiger partial charge in [-0.15, -0.1) is 12.6 Å². The molecule has 0 atom stereocenters. The fourth-order valence-electron chi connectivity index (χ4n) is 0.457. The number of ether oxygens (including phenoxy) is 1. The van der Waals surface area contributed by atoms with Crippen molar-refractivity contribution in [2.75, 3.05) is 6.61 Å². The summed E-state index contributed by atoms with van der Waals surface area (Å²) < 4.78 is 4.50. The molecule has 68 valence electrons. The number of allylic oxidation sites excluding steroid dienone is 1. The molecule has 0 aromatic rings. The standard InChI is InChI=1S/C7H7N3O2S/c1-2-12-7(11)10-6(13)5(3-8)4-9/h13H,2H2,1H3,(H,10,11). The number of thiol groups is 1. The summed E-state index contributed by atoms with van der Waals surface area (Å²) >= 11 is 3.74. The predicted octanol–water partition coefficient (Wildman–Crippen LogP) is 0.921. The Morgan fingerprint density at radius 2 is 2.08 bits per heavy atom. The molecule has 0 rings (SSSR count). The van der Waals surface area contributed by atoms with Gasteiger partial charge in [-0.25, -0.2) is 4.79 Å². The van der Waals surface area contributed by atoms with Gasteiger partial charge in [0.1, 0.15) is 17.2 Å². The molecule has 0 heterocycles. The van der Waals surface area contributed by atoms with Gasteiger partial charge in [0, 0.05) is 0 Å². The normalized spacial score (nSPS) is 7.69. The fraction of sp³-hybridized carbons (Fsp3) is 0.286. The predicted molar refractivity (Wildman–Crippen MR) is 47.4 cm³/mol. The Kier molecular flexibility index (Phi) is 5.17. The molecule has 1 N–H and O–H groups in total. The summed E-state index contributed by atoms with van der Waals surface area (Å²) in [6.45, 7) is 1.85. The highest BCUT2D eigenvalue weighted by atomic mass is 32.1. The molecular weight excluding hydrogens is 190 g/mol. The maximum Gasteiger partial charge on any atom is 0.412 e. The smallest absolute Gasteiger partial charge is 0.412 e. The molecule has 0 saturated carbocycles. The van der Waals surface area contributed by atoms with Crippen molar-refractivity contribution in [1.29, 1.82) is 10.5 Å². The van der Waals surface area contributed by atoms with E-state index in [0.29, 0.717) is 0 Å². The molecule has 0 aliphatic rings.